The molecule has 25 heavy (non-hydrogen) atoms. The van der Waals surface area contributed by atoms with Crippen molar-refractivity contribution < 1.29 is 32.3 Å². The van der Waals surface area contributed by atoms with E-state index >= 15 is 0 Å². The lowest BCUT2D eigenvalue weighted by molar-refractivity contribution is -0.167. The lowest BCUT2D eigenvalue weighted by Gasteiger charge is -2.29. The molecule has 7 nitrogen and oxygen atoms in total. The average molecular weight is 355 g/mol. The smallest absolute Gasteiger partial charge is 0.322 e. The van der Waals surface area contributed by atoms with Gasteiger partial charge in [-0.25, -0.2) is 0 Å². The van der Waals surface area contributed by atoms with Crippen LogP contribution < -0.4 is 10.6 Å². The molecule has 1 fully saturated rings. The zero-order chi connectivity index (χ0) is 18.4. The summed E-state index contributed by atoms with van der Waals surface area (Å²) < 4.78 is 36.9. The standard InChI is InChI=1S/C15H12F3N3O4/c16-15(17,18)14(25)19-8-2-1-7-6-21(13(24)9(7)5-8)10-3-4-11(22)20-12(10)23/h1-2,5,10H,3-4,6H2,(H,19,25)(H,20,22,23). The van der Waals surface area contributed by atoms with E-state index in [-0.39, 0.29) is 30.6 Å². The minimum absolute atomic E-state index is 0.101. The van der Waals surface area contributed by atoms with Gasteiger partial charge in [0.25, 0.3) is 5.91 Å². The van der Waals surface area contributed by atoms with Gasteiger partial charge in [-0.05, 0) is 24.1 Å². The summed E-state index contributed by atoms with van der Waals surface area (Å²) in [6.07, 6.45) is -4.76. The number of hydrogen-bond acceptors (Lipinski definition) is 4. The third-order valence-corrected chi connectivity index (χ3v) is 4.04. The summed E-state index contributed by atoms with van der Waals surface area (Å²) >= 11 is 0. The molecule has 0 aromatic heterocycles. The molecule has 1 aromatic rings. The number of alkyl halides is 3. The normalized spacial score (nSPS) is 20.4. The molecule has 2 aliphatic heterocycles. The van der Waals surface area contributed by atoms with Crippen molar-refractivity contribution in [2.45, 2.75) is 31.6 Å². The van der Waals surface area contributed by atoms with Crippen LogP contribution in [0.25, 0.3) is 0 Å². The second-order valence-electron chi connectivity index (χ2n) is 5.72. The molecule has 0 saturated carbocycles. The first-order valence-corrected chi connectivity index (χ1v) is 7.32. The van der Waals surface area contributed by atoms with Crippen molar-refractivity contribution in [2.24, 2.45) is 0 Å². The van der Waals surface area contributed by atoms with E-state index in [0.29, 0.717) is 5.56 Å². The van der Waals surface area contributed by atoms with Crippen LogP contribution in [0.1, 0.15) is 28.8 Å². The number of rotatable bonds is 2. The van der Waals surface area contributed by atoms with Crippen LogP contribution in [0.15, 0.2) is 18.2 Å². The maximum absolute atomic E-state index is 12.5. The van der Waals surface area contributed by atoms with Crippen LogP contribution >= 0.6 is 0 Å². The lowest BCUT2D eigenvalue weighted by Crippen LogP contribution is -2.52. The van der Waals surface area contributed by atoms with Crippen LogP contribution in [0.3, 0.4) is 0 Å². The topological polar surface area (TPSA) is 95.6 Å². The van der Waals surface area contributed by atoms with Crippen molar-refractivity contribution in [3.05, 3.63) is 29.3 Å². The molecule has 0 spiro atoms. The fourth-order valence-corrected chi connectivity index (χ4v) is 2.83. The minimum atomic E-state index is -5.04. The van der Waals surface area contributed by atoms with Crippen molar-refractivity contribution in [3.63, 3.8) is 0 Å². The highest BCUT2D eigenvalue weighted by Crippen LogP contribution is 2.30. The molecule has 1 atom stereocenters. The van der Waals surface area contributed by atoms with Gasteiger partial charge >= 0.3 is 12.1 Å². The number of benzene rings is 1. The maximum atomic E-state index is 12.5. The van der Waals surface area contributed by atoms with Gasteiger partial charge in [-0.15, -0.1) is 0 Å². The maximum Gasteiger partial charge on any atom is 0.471 e. The fourth-order valence-electron chi connectivity index (χ4n) is 2.83. The summed E-state index contributed by atoms with van der Waals surface area (Å²) in [6.45, 7) is 0.105. The van der Waals surface area contributed by atoms with E-state index in [9.17, 15) is 32.3 Å². The molecule has 0 aliphatic carbocycles. The molecule has 4 amide bonds. The number of halogens is 3. The summed E-state index contributed by atoms with van der Waals surface area (Å²) in [5.74, 6) is -3.67. The zero-order valence-electron chi connectivity index (χ0n) is 12.6. The highest BCUT2D eigenvalue weighted by atomic mass is 19.4. The number of nitrogens with one attached hydrogen (secondary N) is 2. The number of amides is 4. The third-order valence-electron chi connectivity index (χ3n) is 4.04. The van der Waals surface area contributed by atoms with Crippen molar-refractivity contribution >= 4 is 29.3 Å². The predicted molar refractivity (Wildman–Crippen MR) is 77.2 cm³/mol. The van der Waals surface area contributed by atoms with Crippen LogP contribution in [-0.4, -0.2) is 40.7 Å². The quantitative estimate of drug-likeness (QED) is 0.772. The second-order valence-corrected chi connectivity index (χ2v) is 5.72. The number of nitrogens with zero attached hydrogens (tertiary/aromatic N) is 1. The predicted octanol–water partition coefficient (Wildman–Crippen LogP) is 0.948. The van der Waals surface area contributed by atoms with Gasteiger partial charge in [-0.2, -0.15) is 13.2 Å². The second kappa shape index (κ2) is 5.87. The van der Waals surface area contributed by atoms with Crippen LogP contribution in [0.2, 0.25) is 0 Å². The van der Waals surface area contributed by atoms with Gasteiger partial charge < -0.3 is 10.2 Å². The highest BCUT2D eigenvalue weighted by Gasteiger charge is 2.40. The van der Waals surface area contributed by atoms with Gasteiger partial charge in [0, 0.05) is 24.2 Å². The van der Waals surface area contributed by atoms with E-state index in [2.05, 4.69) is 5.32 Å². The number of carbonyl (C=O) groups excluding carboxylic acids is 4. The molecule has 132 valence electrons. The van der Waals surface area contributed by atoms with Crippen molar-refractivity contribution in [3.8, 4) is 0 Å². The number of fused-ring (bicyclic) bond motifs is 1. The molecule has 3 rings (SSSR count). The Morgan fingerprint density at radius 3 is 2.60 bits per heavy atom. The Hall–Kier alpha value is -2.91. The van der Waals surface area contributed by atoms with Gasteiger partial charge in [0.2, 0.25) is 11.8 Å². The molecule has 10 heteroatoms. The van der Waals surface area contributed by atoms with Gasteiger partial charge in [0.05, 0.1) is 0 Å². The van der Waals surface area contributed by atoms with E-state index in [1.807, 2.05) is 0 Å². The molecule has 2 heterocycles. The molecule has 1 unspecified atom stereocenters. The number of imide groups is 1. The Morgan fingerprint density at radius 1 is 1.24 bits per heavy atom. The Bertz CT molecular complexity index is 791. The summed E-state index contributed by atoms with van der Waals surface area (Å²) in [4.78, 5) is 47.8. The fraction of sp³-hybridized carbons (Fsp3) is 0.333. The highest BCUT2D eigenvalue weighted by molar-refractivity contribution is 6.06. The number of anilines is 1. The van der Waals surface area contributed by atoms with Crippen molar-refractivity contribution in [2.75, 3.05) is 5.32 Å². The van der Waals surface area contributed by atoms with E-state index in [0.717, 1.165) is 6.07 Å². The van der Waals surface area contributed by atoms with Crippen LogP contribution in [0.4, 0.5) is 18.9 Å². The summed E-state index contributed by atoms with van der Waals surface area (Å²) in [5.41, 5.74) is 0.476. The number of piperidine rings is 1. The van der Waals surface area contributed by atoms with Gasteiger partial charge in [0.15, 0.2) is 0 Å². The monoisotopic (exact) mass is 355 g/mol. The summed E-state index contributed by atoms with van der Waals surface area (Å²) in [7, 11) is 0. The SMILES string of the molecule is O=C1CCC(N2Cc3ccc(NC(=O)C(F)(F)F)cc3C2=O)C(=O)N1. The van der Waals surface area contributed by atoms with Crippen LogP contribution in [-0.2, 0) is 20.9 Å². The van der Waals surface area contributed by atoms with E-state index in [4.69, 9.17) is 0 Å². The van der Waals surface area contributed by atoms with Crippen LogP contribution in [0.5, 0.6) is 0 Å². The molecule has 2 aliphatic rings. The minimum Gasteiger partial charge on any atom is -0.322 e. The first-order valence-electron chi connectivity index (χ1n) is 7.32. The van der Waals surface area contributed by atoms with Gasteiger partial charge in [0.1, 0.15) is 6.04 Å². The molecule has 0 radical (unpaired) electrons. The molecule has 0 bridgehead atoms. The molecule has 2 N–H and O–H groups in total. The number of carbonyl (C=O) groups is 4. The van der Waals surface area contributed by atoms with E-state index in [1.165, 1.54) is 17.0 Å². The summed E-state index contributed by atoms with van der Waals surface area (Å²) in [5, 5.41) is 3.84. The van der Waals surface area contributed by atoms with Crippen LogP contribution in [0, 0.1) is 0 Å². The zero-order valence-corrected chi connectivity index (χ0v) is 12.6. The molecular weight excluding hydrogens is 343 g/mol. The summed E-state index contributed by atoms with van der Waals surface area (Å²) in [6, 6.07) is 3.01. The van der Waals surface area contributed by atoms with E-state index in [1.54, 1.807) is 5.32 Å². The van der Waals surface area contributed by atoms with Crippen molar-refractivity contribution in [1.29, 1.82) is 0 Å². The van der Waals surface area contributed by atoms with E-state index < -0.39 is 35.8 Å². The third kappa shape index (κ3) is 3.19. The largest absolute Gasteiger partial charge is 0.471 e. The average Bonchev–Trinajstić information content (AvgIpc) is 2.83. The Kier molecular flexibility index (Phi) is 3.97. The first kappa shape index (κ1) is 16.9. The molecule has 1 aromatic carbocycles. The molecular formula is C15H12F3N3O4. The Morgan fingerprint density at radius 2 is 1.96 bits per heavy atom. The number of hydrogen-bond donors (Lipinski definition) is 2. The van der Waals surface area contributed by atoms with Gasteiger partial charge in [-0.1, -0.05) is 6.07 Å². The Labute approximate surface area is 139 Å². The van der Waals surface area contributed by atoms with Gasteiger partial charge in [-0.3, -0.25) is 24.5 Å². The Balaban J connectivity index is 1.79. The van der Waals surface area contributed by atoms with Crippen molar-refractivity contribution in [1.82, 2.24) is 10.2 Å². The molecule has 1 saturated heterocycles. The lowest BCUT2D eigenvalue weighted by atomic mass is 10.0. The first-order chi connectivity index (χ1) is 11.7.